The minimum absolute atomic E-state index is 0.0124. The molecule has 0 aliphatic carbocycles. The van der Waals surface area contributed by atoms with Gasteiger partial charge in [-0.1, -0.05) is 26.0 Å². The van der Waals surface area contributed by atoms with Gasteiger partial charge in [-0.2, -0.15) is 0 Å². The van der Waals surface area contributed by atoms with E-state index in [9.17, 15) is 38.4 Å². The monoisotopic (exact) mass is 773 g/mol. The van der Waals surface area contributed by atoms with Crippen molar-refractivity contribution in [3.8, 4) is 0 Å². The standard InChI is InChI=1S/C36H55N9O10/c1-5-44(4)36(53)55-23-25-8-10-26(11-9-25)42-33(50)27(7-6-16-41-35(37)52)43-34(51)32(24(2)3)40-18-17-38-29(47)15-21-54-22-19-39-28(46)14-20-45-30(48)12-13-31(45)49/h8-13,24,27,32,40H,5-7,14-23H2,1-4H3,(H,38,47)(H,39,46)(H,42,50)(H,43,51)(H3,37,41,52)/t27?,32-/m0/s1. The number of carbonyl (C=O) groups is 8. The quantitative estimate of drug-likeness (QED) is 0.0502. The van der Waals surface area contributed by atoms with E-state index in [-0.39, 0.29) is 89.5 Å². The molecule has 0 aromatic heterocycles. The Labute approximate surface area is 320 Å². The maximum atomic E-state index is 13.4. The van der Waals surface area contributed by atoms with Crippen LogP contribution in [0.1, 0.15) is 52.0 Å². The number of carbonyl (C=O) groups excluding carboxylic acids is 8. The highest BCUT2D eigenvalue weighted by atomic mass is 16.6. The summed E-state index contributed by atoms with van der Waals surface area (Å²) in [6, 6.07) is 4.38. The number of primary amides is 1. The van der Waals surface area contributed by atoms with Crippen molar-refractivity contribution in [3.63, 3.8) is 0 Å². The van der Waals surface area contributed by atoms with Crippen LogP contribution in [-0.2, 0) is 44.8 Å². The second-order valence-corrected chi connectivity index (χ2v) is 12.9. The Kier molecular flexibility index (Phi) is 20.5. The zero-order valence-corrected chi connectivity index (χ0v) is 31.9. The summed E-state index contributed by atoms with van der Waals surface area (Å²) in [6.07, 6.45) is 2.45. The first-order valence-electron chi connectivity index (χ1n) is 18.2. The number of nitrogens with zero attached hydrogens (tertiary/aromatic N) is 2. The van der Waals surface area contributed by atoms with Crippen LogP contribution in [0.4, 0.5) is 15.3 Å². The van der Waals surface area contributed by atoms with E-state index in [1.165, 1.54) is 4.90 Å². The summed E-state index contributed by atoms with van der Waals surface area (Å²) in [5.74, 6) is -2.58. The Hall–Kier alpha value is -5.56. The molecule has 8 N–H and O–H groups in total. The van der Waals surface area contributed by atoms with Crippen molar-refractivity contribution >= 4 is 53.3 Å². The van der Waals surface area contributed by atoms with E-state index in [0.717, 1.165) is 22.6 Å². The summed E-state index contributed by atoms with van der Waals surface area (Å²) in [5.41, 5.74) is 6.34. The van der Waals surface area contributed by atoms with Gasteiger partial charge < -0.3 is 52.0 Å². The molecule has 1 unspecified atom stereocenters. The second kappa shape index (κ2) is 24.7. The number of nitrogens with one attached hydrogen (secondary N) is 6. The molecule has 304 valence electrons. The number of hydrogen-bond acceptors (Lipinski definition) is 11. The van der Waals surface area contributed by atoms with E-state index in [4.69, 9.17) is 15.2 Å². The summed E-state index contributed by atoms with van der Waals surface area (Å²) in [4.78, 5) is 99.5. The maximum absolute atomic E-state index is 13.4. The third-order valence-electron chi connectivity index (χ3n) is 8.24. The Morgan fingerprint density at radius 3 is 2.13 bits per heavy atom. The molecule has 19 nitrogen and oxygen atoms in total. The van der Waals surface area contributed by atoms with Gasteiger partial charge in [-0.15, -0.1) is 0 Å². The summed E-state index contributed by atoms with van der Waals surface area (Å²) >= 11 is 0. The number of anilines is 1. The molecule has 0 radical (unpaired) electrons. The molecular formula is C36H55N9O10. The van der Waals surface area contributed by atoms with Crippen LogP contribution in [0.15, 0.2) is 36.4 Å². The van der Waals surface area contributed by atoms with E-state index in [0.29, 0.717) is 18.7 Å². The van der Waals surface area contributed by atoms with Gasteiger partial charge in [0.15, 0.2) is 0 Å². The molecule has 1 aliphatic heterocycles. The number of nitrogens with two attached hydrogens (primary N) is 1. The molecule has 1 aliphatic rings. The lowest BCUT2D eigenvalue weighted by atomic mass is 10.0. The fourth-order valence-electron chi connectivity index (χ4n) is 4.98. The molecule has 0 spiro atoms. The maximum Gasteiger partial charge on any atom is 0.409 e. The first-order chi connectivity index (χ1) is 26.2. The second-order valence-electron chi connectivity index (χ2n) is 12.9. The van der Waals surface area contributed by atoms with Crippen LogP contribution < -0.4 is 37.6 Å². The van der Waals surface area contributed by atoms with Crippen LogP contribution in [0.25, 0.3) is 0 Å². The van der Waals surface area contributed by atoms with Crippen LogP contribution in [0.3, 0.4) is 0 Å². The van der Waals surface area contributed by atoms with Gasteiger partial charge in [-0.25, -0.2) is 9.59 Å². The zero-order valence-electron chi connectivity index (χ0n) is 31.9. The molecule has 0 saturated carbocycles. The van der Waals surface area contributed by atoms with Gasteiger partial charge in [0.1, 0.15) is 12.6 Å². The highest BCUT2D eigenvalue weighted by molar-refractivity contribution is 6.13. The summed E-state index contributed by atoms with van der Waals surface area (Å²) in [5, 5.41) is 16.6. The summed E-state index contributed by atoms with van der Waals surface area (Å²) < 4.78 is 10.7. The number of ether oxygens (including phenoxy) is 2. The number of imide groups is 1. The van der Waals surface area contributed by atoms with Gasteiger partial charge >= 0.3 is 12.1 Å². The number of benzene rings is 1. The highest BCUT2D eigenvalue weighted by Crippen LogP contribution is 2.13. The molecule has 1 heterocycles. The fraction of sp³-hybridized carbons (Fsp3) is 0.556. The lowest BCUT2D eigenvalue weighted by Gasteiger charge is -2.25. The van der Waals surface area contributed by atoms with Crippen molar-refractivity contribution in [2.24, 2.45) is 11.7 Å². The Morgan fingerprint density at radius 1 is 0.836 bits per heavy atom. The lowest BCUT2D eigenvalue weighted by Crippen LogP contribution is -2.54. The molecule has 9 amide bonds. The van der Waals surface area contributed by atoms with Crippen molar-refractivity contribution in [3.05, 3.63) is 42.0 Å². The van der Waals surface area contributed by atoms with Gasteiger partial charge in [0.2, 0.25) is 23.6 Å². The zero-order chi connectivity index (χ0) is 40.8. The van der Waals surface area contributed by atoms with Crippen LogP contribution in [0.5, 0.6) is 0 Å². The van der Waals surface area contributed by atoms with Gasteiger partial charge in [0, 0.05) is 77.0 Å². The van der Waals surface area contributed by atoms with Crippen LogP contribution in [0, 0.1) is 5.92 Å². The van der Waals surface area contributed by atoms with Crippen LogP contribution in [-0.4, -0.2) is 129 Å². The van der Waals surface area contributed by atoms with Gasteiger partial charge in [-0.3, -0.25) is 33.7 Å². The first-order valence-corrected chi connectivity index (χ1v) is 18.2. The van der Waals surface area contributed by atoms with E-state index in [1.807, 2.05) is 20.8 Å². The number of urea groups is 1. The Balaban J connectivity index is 1.76. The van der Waals surface area contributed by atoms with Crippen molar-refractivity contribution < 1.29 is 47.8 Å². The van der Waals surface area contributed by atoms with Gasteiger partial charge in [0.25, 0.3) is 11.8 Å². The van der Waals surface area contributed by atoms with Gasteiger partial charge in [-0.05, 0) is 43.4 Å². The summed E-state index contributed by atoms with van der Waals surface area (Å²) in [6.45, 7) is 7.22. The molecule has 0 fully saturated rings. The highest BCUT2D eigenvalue weighted by Gasteiger charge is 2.27. The molecule has 55 heavy (non-hydrogen) atoms. The predicted octanol–water partition coefficient (Wildman–Crippen LogP) is -0.285. The largest absolute Gasteiger partial charge is 0.445 e. The molecule has 2 rings (SSSR count). The Morgan fingerprint density at radius 2 is 1.49 bits per heavy atom. The van der Waals surface area contributed by atoms with E-state index in [2.05, 4.69) is 31.9 Å². The third-order valence-corrected chi connectivity index (χ3v) is 8.24. The minimum Gasteiger partial charge on any atom is -0.445 e. The van der Waals surface area contributed by atoms with Crippen LogP contribution >= 0.6 is 0 Å². The first kappa shape index (κ1) is 45.6. The van der Waals surface area contributed by atoms with Crippen molar-refractivity contribution in [1.82, 2.24) is 36.4 Å². The van der Waals surface area contributed by atoms with Gasteiger partial charge in [0.05, 0.1) is 19.3 Å². The molecule has 1 aromatic rings. The predicted molar refractivity (Wildman–Crippen MR) is 201 cm³/mol. The van der Waals surface area contributed by atoms with Crippen molar-refractivity contribution in [2.45, 2.75) is 65.1 Å². The van der Waals surface area contributed by atoms with E-state index in [1.54, 1.807) is 31.3 Å². The molecule has 1 aromatic carbocycles. The molecule has 2 atom stereocenters. The molecular weight excluding hydrogens is 718 g/mol. The Bertz CT molecular complexity index is 1480. The molecule has 0 bridgehead atoms. The molecule has 0 saturated heterocycles. The third kappa shape index (κ3) is 17.9. The minimum atomic E-state index is -0.952. The number of amides is 9. The normalized spacial score (nSPS) is 13.2. The average Bonchev–Trinajstić information content (AvgIpc) is 3.47. The lowest BCUT2D eigenvalue weighted by molar-refractivity contribution is -0.137. The van der Waals surface area contributed by atoms with E-state index >= 15 is 0 Å². The fourth-order valence-corrected chi connectivity index (χ4v) is 4.98. The SMILES string of the molecule is CCN(C)C(=O)OCc1ccc(NC(=O)C(CCCNC(N)=O)NC(=O)[C@@H](NCCNC(=O)CCOCCNC(=O)CCN2C(=O)C=CC2=O)C(C)C)cc1. The topological polar surface area (TPSA) is 260 Å². The van der Waals surface area contributed by atoms with E-state index < -0.39 is 47.8 Å². The van der Waals surface area contributed by atoms with Crippen LogP contribution in [0.2, 0.25) is 0 Å². The van der Waals surface area contributed by atoms with Crippen molar-refractivity contribution in [2.75, 3.05) is 64.8 Å². The smallest absolute Gasteiger partial charge is 0.409 e. The average molecular weight is 774 g/mol. The molecule has 19 heteroatoms. The number of rotatable bonds is 25. The summed E-state index contributed by atoms with van der Waals surface area (Å²) in [7, 11) is 1.63. The number of hydrogen-bond donors (Lipinski definition) is 7. The van der Waals surface area contributed by atoms with Crippen molar-refractivity contribution in [1.29, 1.82) is 0 Å².